The number of rotatable bonds is 5. The normalized spacial score (nSPS) is 11.0. The van der Waals surface area contributed by atoms with Crippen LogP contribution in [-0.2, 0) is 9.53 Å². The highest BCUT2D eigenvalue weighted by atomic mass is 19.4. The molecular formula is C12H13F3N2O3. The Bertz CT molecular complexity index is 489. The molecule has 1 rings (SSSR count). The molecule has 0 bridgehead atoms. The van der Waals surface area contributed by atoms with Crippen LogP contribution in [0.2, 0.25) is 0 Å². The second-order valence-electron chi connectivity index (χ2n) is 3.78. The number of para-hydroxylation sites is 1. The number of alkyl halides is 3. The summed E-state index contributed by atoms with van der Waals surface area (Å²) < 4.78 is 39.7. The number of nitrogens with one attached hydrogen (secondary N) is 2. The molecule has 8 heteroatoms. The Kier molecular flexibility index (Phi) is 5.51. The van der Waals surface area contributed by atoms with Gasteiger partial charge in [0.1, 0.15) is 13.2 Å². The van der Waals surface area contributed by atoms with Crippen LogP contribution in [0.4, 0.5) is 18.9 Å². The van der Waals surface area contributed by atoms with E-state index in [0.717, 1.165) is 0 Å². The van der Waals surface area contributed by atoms with Crippen LogP contribution in [0.15, 0.2) is 24.3 Å². The number of amides is 2. The van der Waals surface area contributed by atoms with Gasteiger partial charge in [-0.25, -0.2) is 0 Å². The summed E-state index contributed by atoms with van der Waals surface area (Å²) in [5.74, 6) is -1.19. The average Bonchev–Trinajstić information content (AvgIpc) is 2.37. The predicted octanol–water partition coefficient (Wildman–Crippen LogP) is 1.56. The Balaban J connectivity index is 2.60. The maximum absolute atomic E-state index is 11.8. The third-order valence-electron chi connectivity index (χ3n) is 2.17. The van der Waals surface area contributed by atoms with Gasteiger partial charge in [-0.15, -0.1) is 0 Å². The van der Waals surface area contributed by atoms with Gasteiger partial charge in [-0.05, 0) is 12.1 Å². The second kappa shape index (κ2) is 6.90. The van der Waals surface area contributed by atoms with E-state index in [9.17, 15) is 22.8 Å². The zero-order valence-corrected chi connectivity index (χ0v) is 10.6. The first-order chi connectivity index (χ1) is 9.33. The number of benzene rings is 1. The number of hydrogen-bond acceptors (Lipinski definition) is 3. The first-order valence-corrected chi connectivity index (χ1v) is 5.59. The van der Waals surface area contributed by atoms with Crippen LogP contribution < -0.4 is 10.6 Å². The van der Waals surface area contributed by atoms with E-state index in [-0.39, 0.29) is 11.3 Å². The zero-order valence-electron chi connectivity index (χ0n) is 10.6. The molecular weight excluding hydrogens is 277 g/mol. The molecule has 2 N–H and O–H groups in total. The molecule has 0 aliphatic rings. The van der Waals surface area contributed by atoms with Crippen molar-refractivity contribution in [2.45, 2.75) is 6.18 Å². The summed E-state index contributed by atoms with van der Waals surface area (Å²) in [5.41, 5.74) is 0.409. The summed E-state index contributed by atoms with van der Waals surface area (Å²) in [6.07, 6.45) is -4.49. The van der Waals surface area contributed by atoms with Crippen LogP contribution in [0.5, 0.6) is 0 Å². The minimum absolute atomic E-state index is 0.201. The van der Waals surface area contributed by atoms with Crippen molar-refractivity contribution in [1.29, 1.82) is 0 Å². The Morgan fingerprint density at radius 3 is 2.50 bits per heavy atom. The summed E-state index contributed by atoms with van der Waals surface area (Å²) in [7, 11) is 1.42. The van der Waals surface area contributed by atoms with Gasteiger partial charge in [-0.1, -0.05) is 12.1 Å². The molecule has 0 saturated carbocycles. The van der Waals surface area contributed by atoms with Crippen LogP contribution in [0.3, 0.4) is 0 Å². The first kappa shape index (κ1) is 16.0. The largest absolute Gasteiger partial charge is 0.411 e. The molecule has 0 radical (unpaired) electrons. The summed E-state index contributed by atoms with van der Waals surface area (Å²) in [6.45, 7) is -2.25. The van der Waals surface area contributed by atoms with Gasteiger partial charge >= 0.3 is 6.18 Å². The van der Waals surface area contributed by atoms with Crippen molar-refractivity contribution in [1.82, 2.24) is 5.32 Å². The minimum atomic E-state index is -4.49. The van der Waals surface area contributed by atoms with Crippen molar-refractivity contribution < 1.29 is 27.5 Å². The number of carbonyl (C=O) groups is 2. The standard InChI is InChI=1S/C12H13F3N2O3/c1-16-11(19)8-4-2-3-5-9(8)17-10(18)6-20-7-12(13,14)15/h2-5H,6-7H2,1H3,(H,16,19)(H,17,18). The minimum Gasteiger partial charge on any atom is -0.362 e. The van der Waals surface area contributed by atoms with Gasteiger partial charge in [-0.3, -0.25) is 9.59 Å². The molecule has 0 aromatic heterocycles. The molecule has 2 amide bonds. The van der Waals surface area contributed by atoms with E-state index in [4.69, 9.17) is 0 Å². The molecule has 0 aliphatic carbocycles. The third-order valence-corrected chi connectivity index (χ3v) is 2.17. The van der Waals surface area contributed by atoms with E-state index in [0.29, 0.717) is 0 Å². The zero-order chi connectivity index (χ0) is 15.2. The maximum Gasteiger partial charge on any atom is 0.411 e. The lowest BCUT2D eigenvalue weighted by Gasteiger charge is -2.11. The fraction of sp³-hybridized carbons (Fsp3) is 0.333. The van der Waals surface area contributed by atoms with Crippen molar-refractivity contribution in [3.63, 3.8) is 0 Å². The Morgan fingerprint density at radius 1 is 1.25 bits per heavy atom. The van der Waals surface area contributed by atoms with E-state index in [1.807, 2.05) is 0 Å². The van der Waals surface area contributed by atoms with Gasteiger partial charge < -0.3 is 15.4 Å². The lowest BCUT2D eigenvalue weighted by Crippen LogP contribution is -2.25. The quantitative estimate of drug-likeness (QED) is 0.865. The highest BCUT2D eigenvalue weighted by Crippen LogP contribution is 2.16. The van der Waals surface area contributed by atoms with E-state index < -0.39 is 31.2 Å². The molecule has 1 aromatic carbocycles. The first-order valence-electron chi connectivity index (χ1n) is 5.59. The number of anilines is 1. The van der Waals surface area contributed by atoms with Crippen LogP contribution >= 0.6 is 0 Å². The highest BCUT2D eigenvalue weighted by Gasteiger charge is 2.27. The van der Waals surface area contributed by atoms with E-state index in [1.54, 1.807) is 12.1 Å². The Hall–Kier alpha value is -2.09. The van der Waals surface area contributed by atoms with Crippen molar-refractivity contribution in [3.05, 3.63) is 29.8 Å². The second-order valence-corrected chi connectivity index (χ2v) is 3.78. The van der Waals surface area contributed by atoms with E-state index in [2.05, 4.69) is 15.4 Å². The van der Waals surface area contributed by atoms with Crippen molar-refractivity contribution in [3.8, 4) is 0 Å². The molecule has 0 fully saturated rings. The van der Waals surface area contributed by atoms with Crippen molar-refractivity contribution in [2.24, 2.45) is 0 Å². The fourth-order valence-corrected chi connectivity index (χ4v) is 1.37. The number of halogens is 3. The Morgan fingerprint density at radius 2 is 1.90 bits per heavy atom. The lowest BCUT2D eigenvalue weighted by atomic mass is 10.1. The van der Waals surface area contributed by atoms with Crippen LogP contribution in [0.25, 0.3) is 0 Å². The summed E-state index contributed by atoms with van der Waals surface area (Å²) in [6, 6.07) is 6.12. The third kappa shape index (κ3) is 5.27. The van der Waals surface area contributed by atoms with Crippen LogP contribution in [0, 0.1) is 0 Å². The number of ether oxygens (including phenoxy) is 1. The van der Waals surface area contributed by atoms with Gasteiger partial charge in [0.05, 0.1) is 11.3 Å². The van der Waals surface area contributed by atoms with Gasteiger partial charge in [0, 0.05) is 7.05 Å². The molecule has 5 nitrogen and oxygen atoms in total. The van der Waals surface area contributed by atoms with Gasteiger partial charge in [0.15, 0.2) is 0 Å². The summed E-state index contributed by atoms with van der Waals surface area (Å²) >= 11 is 0. The molecule has 110 valence electrons. The SMILES string of the molecule is CNC(=O)c1ccccc1NC(=O)COCC(F)(F)F. The van der Waals surface area contributed by atoms with Crippen LogP contribution in [-0.4, -0.2) is 38.3 Å². The molecule has 0 heterocycles. The van der Waals surface area contributed by atoms with Gasteiger partial charge in [0.2, 0.25) is 5.91 Å². The molecule has 0 unspecified atom stereocenters. The molecule has 0 aliphatic heterocycles. The highest BCUT2D eigenvalue weighted by molar-refractivity contribution is 6.03. The summed E-state index contributed by atoms with van der Waals surface area (Å²) in [5, 5.41) is 4.71. The van der Waals surface area contributed by atoms with Crippen molar-refractivity contribution >= 4 is 17.5 Å². The molecule has 0 spiro atoms. The Labute approximate surface area is 113 Å². The predicted molar refractivity (Wildman–Crippen MR) is 65.3 cm³/mol. The lowest BCUT2D eigenvalue weighted by molar-refractivity contribution is -0.174. The summed E-state index contributed by atoms with van der Waals surface area (Å²) in [4.78, 5) is 22.9. The molecule has 20 heavy (non-hydrogen) atoms. The fourth-order valence-electron chi connectivity index (χ4n) is 1.37. The number of carbonyl (C=O) groups excluding carboxylic acids is 2. The maximum atomic E-state index is 11.8. The topological polar surface area (TPSA) is 67.4 Å². The smallest absolute Gasteiger partial charge is 0.362 e. The molecule has 0 saturated heterocycles. The van der Waals surface area contributed by atoms with E-state index >= 15 is 0 Å². The molecule has 0 atom stereocenters. The average molecular weight is 290 g/mol. The van der Waals surface area contributed by atoms with Gasteiger partial charge in [0.25, 0.3) is 5.91 Å². The monoisotopic (exact) mass is 290 g/mol. The van der Waals surface area contributed by atoms with Crippen molar-refractivity contribution in [2.75, 3.05) is 25.6 Å². The number of hydrogen-bond donors (Lipinski definition) is 2. The van der Waals surface area contributed by atoms with Gasteiger partial charge in [-0.2, -0.15) is 13.2 Å². The van der Waals surface area contributed by atoms with E-state index in [1.165, 1.54) is 19.2 Å². The van der Waals surface area contributed by atoms with Crippen LogP contribution in [0.1, 0.15) is 10.4 Å². The molecule has 1 aromatic rings.